The smallest absolute Gasteiger partial charge is 0.348 e. The molecule has 0 spiro atoms. The molecule has 0 aromatic carbocycles. The number of aliphatic hydroxyl groups is 1. The van der Waals surface area contributed by atoms with E-state index >= 15 is 0 Å². The number of fused-ring (bicyclic) bond motifs is 2. The van der Waals surface area contributed by atoms with Gasteiger partial charge in [-0.1, -0.05) is 0 Å². The first-order chi connectivity index (χ1) is 13.5. The van der Waals surface area contributed by atoms with Crippen molar-refractivity contribution in [3.05, 3.63) is 45.8 Å². The molecule has 2 bridgehead atoms. The molecule has 7 nitrogen and oxygen atoms in total. The number of amides is 1. The minimum absolute atomic E-state index is 0.0650. The van der Waals surface area contributed by atoms with Crippen LogP contribution in [0.4, 0.5) is 0 Å². The Morgan fingerprint density at radius 2 is 1.86 bits per heavy atom. The highest BCUT2D eigenvalue weighted by molar-refractivity contribution is 7.15. The summed E-state index contributed by atoms with van der Waals surface area (Å²) < 4.78 is 10.1. The fourth-order valence-electron chi connectivity index (χ4n) is 4.47. The number of aromatic nitrogens is 1. The lowest BCUT2D eigenvalue weighted by molar-refractivity contribution is -0.0493. The third-order valence-corrected chi connectivity index (χ3v) is 6.72. The van der Waals surface area contributed by atoms with Gasteiger partial charge in [-0.3, -0.25) is 4.79 Å². The molecule has 2 aliphatic rings. The van der Waals surface area contributed by atoms with E-state index in [9.17, 15) is 14.7 Å². The van der Waals surface area contributed by atoms with Crippen LogP contribution in [0.15, 0.2) is 30.5 Å². The van der Waals surface area contributed by atoms with E-state index in [-0.39, 0.29) is 18.0 Å². The van der Waals surface area contributed by atoms with E-state index in [2.05, 4.69) is 4.98 Å². The summed E-state index contributed by atoms with van der Waals surface area (Å²) in [5.41, 5.74) is -0.403. The summed E-state index contributed by atoms with van der Waals surface area (Å²) in [5, 5.41) is 11.4. The zero-order chi connectivity index (χ0) is 19.9. The van der Waals surface area contributed by atoms with E-state index in [1.807, 2.05) is 11.0 Å². The lowest BCUT2D eigenvalue weighted by Crippen LogP contribution is -2.52. The van der Waals surface area contributed by atoms with E-state index in [1.54, 1.807) is 24.4 Å². The van der Waals surface area contributed by atoms with E-state index in [0.717, 1.165) is 24.2 Å². The van der Waals surface area contributed by atoms with Gasteiger partial charge in [0.05, 0.1) is 24.7 Å². The van der Waals surface area contributed by atoms with Crippen LogP contribution in [0, 0.1) is 0 Å². The van der Waals surface area contributed by atoms with E-state index in [4.69, 9.17) is 9.47 Å². The van der Waals surface area contributed by atoms with Gasteiger partial charge < -0.3 is 19.5 Å². The molecule has 1 amide bonds. The number of carbonyl (C=O) groups is 2. The van der Waals surface area contributed by atoms with Crippen molar-refractivity contribution in [2.45, 2.75) is 43.4 Å². The Hall–Kier alpha value is -2.45. The molecule has 2 unspecified atom stereocenters. The Balaban J connectivity index is 1.58. The molecule has 2 aliphatic heterocycles. The molecule has 2 fully saturated rings. The molecule has 148 valence electrons. The highest BCUT2D eigenvalue weighted by Gasteiger charge is 2.51. The van der Waals surface area contributed by atoms with Gasteiger partial charge in [-0.05, 0) is 37.1 Å². The van der Waals surface area contributed by atoms with Crippen molar-refractivity contribution in [1.82, 2.24) is 9.88 Å². The summed E-state index contributed by atoms with van der Waals surface area (Å²) in [4.78, 5) is 31.8. The summed E-state index contributed by atoms with van der Waals surface area (Å²) in [7, 11) is 2.86. The van der Waals surface area contributed by atoms with Gasteiger partial charge in [0.15, 0.2) is 0 Å². The largest absolute Gasteiger partial charge is 0.481 e. The first-order valence-corrected chi connectivity index (χ1v) is 10.0. The van der Waals surface area contributed by atoms with Crippen LogP contribution in [0.25, 0.3) is 0 Å². The number of pyridine rings is 1. The topological polar surface area (TPSA) is 89.0 Å². The summed E-state index contributed by atoms with van der Waals surface area (Å²) in [6.07, 6.45) is 4.20. The van der Waals surface area contributed by atoms with Crippen molar-refractivity contribution in [2.24, 2.45) is 0 Å². The van der Waals surface area contributed by atoms with Gasteiger partial charge in [-0.2, -0.15) is 0 Å². The molecule has 4 heterocycles. The van der Waals surface area contributed by atoms with Crippen molar-refractivity contribution in [3.8, 4) is 5.88 Å². The number of hydrogen-bond donors (Lipinski definition) is 1. The second kappa shape index (κ2) is 7.18. The van der Waals surface area contributed by atoms with Crippen LogP contribution >= 0.6 is 11.3 Å². The normalized spacial score (nSPS) is 26.2. The van der Waals surface area contributed by atoms with Crippen LogP contribution < -0.4 is 4.74 Å². The third-order valence-electron chi connectivity index (χ3n) is 5.67. The third kappa shape index (κ3) is 3.06. The fraction of sp³-hybridized carbons (Fsp3) is 0.450. The maximum Gasteiger partial charge on any atom is 0.348 e. The number of thiophene rings is 1. The number of ether oxygens (including phenoxy) is 2. The number of esters is 1. The SMILES string of the molecule is COC(=O)c1ccc(C(=O)N2C3CCC2CC(O)(c2cccnc2OC)C3)s1. The Morgan fingerprint density at radius 1 is 1.18 bits per heavy atom. The Bertz CT molecular complexity index is 898. The van der Waals surface area contributed by atoms with Crippen molar-refractivity contribution < 1.29 is 24.2 Å². The van der Waals surface area contributed by atoms with Crippen molar-refractivity contribution in [3.63, 3.8) is 0 Å². The monoisotopic (exact) mass is 402 g/mol. The van der Waals surface area contributed by atoms with Crippen molar-refractivity contribution >= 4 is 23.2 Å². The molecule has 2 aromatic rings. The quantitative estimate of drug-likeness (QED) is 0.791. The standard InChI is InChI=1S/C20H22N2O5S/c1-26-17-14(4-3-9-21-17)20(25)10-12-5-6-13(11-20)22(12)18(23)15-7-8-16(28-15)19(24)27-2/h3-4,7-9,12-13,25H,5-6,10-11H2,1-2H3. The Labute approximate surface area is 166 Å². The molecule has 0 aliphatic carbocycles. The number of methoxy groups -OCH3 is 2. The lowest BCUT2D eigenvalue weighted by Gasteiger charge is -2.44. The fourth-order valence-corrected chi connectivity index (χ4v) is 5.34. The van der Waals surface area contributed by atoms with Crippen LogP contribution in [-0.4, -0.2) is 53.2 Å². The van der Waals surface area contributed by atoms with Crippen LogP contribution in [0.1, 0.15) is 50.6 Å². The Morgan fingerprint density at radius 3 is 2.50 bits per heavy atom. The highest BCUT2D eigenvalue weighted by atomic mass is 32.1. The average Bonchev–Trinajstić information content (AvgIpc) is 3.31. The van der Waals surface area contributed by atoms with Crippen molar-refractivity contribution in [2.75, 3.05) is 14.2 Å². The zero-order valence-corrected chi connectivity index (χ0v) is 16.6. The number of piperidine rings is 1. The van der Waals surface area contributed by atoms with Crippen LogP contribution in [-0.2, 0) is 10.3 Å². The molecule has 1 N–H and O–H groups in total. The van der Waals surface area contributed by atoms with Crippen molar-refractivity contribution in [1.29, 1.82) is 0 Å². The van der Waals surface area contributed by atoms with Gasteiger partial charge in [-0.15, -0.1) is 11.3 Å². The predicted octanol–water partition coefficient (Wildman–Crippen LogP) is 2.59. The summed E-state index contributed by atoms with van der Waals surface area (Å²) in [6, 6.07) is 6.78. The first-order valence-electron chi connectivity index (χ1n) is 9.19. The minimum Gasteiger partial charge on any atom is -0.481 e. The number of hydrogen-bond acceptors (Lipinski definition) is 7. The summed E-state index contributed by atoms with van der Waals surface area (Å²) >= 11 is 1.14. The van der Waals surface area contributed by atoms with Crippen LogP contribution in [0.3, 0.4) is 0 Å². The molecule has 0 saturated carbocycles. The predicted molar refractivity (Wildman–Crippen MR) is 103 cm³/mol. The number of carbonyl (C=O) groups excluding carboxylic acids is 2. The molecule has 2 saturated heterocycles. The minimum atomic E-state index is -1.07. The van der Waals surface area contributed by atoms with E-state index in [1.165, 1.54) is 14.2 Å². The first kappa shape index (κ1) is 18.9. The molecule has 4 rings (SSSR count). The van der Waals surface area contributed by atoms with Gasteiger partial charge in [0.25, 0.3) is 5.91 Å². The van der Waals surface area contributed by atoms with Gasteiger partial charge in [0.1, 0.15) is 4.88 Å². The van der Waals surface area contributed by atoms with E-state index < -0.39 is 11.6 Å². The molecular formula is C20H22N2O5S. The van der Waals surface area contributed by atoms with Gasteiger partial charge in [0, 0.05) is 36.7 Å². The highest BCUT2D eigenvalue weighted by Crippen LogP contribution is 2.48. The molecule has 0 radical (unpaired) electrons. The molecule has 2 atom stereocenters. The summed E-state index contributed by atoms with van der Waals surface area (Å²) in [6.45, 7) is 0. The Kier molecular flexibility index (Phi) is 4.84. The van der Waals surface area contributed by atoms with E-state index in [0.29, 0.717) is 34.0 Å². The van der Waals surface area contributed by atoms with Gasteiger partial charge in [-0.25, -0.2) is 9.78 Å². The lowest BCUT2D eigenvalue weighted by atomic mass is 9.80. The summed E-state index contributed by atoms with van der Waals surface area (Å²) in [5.74, 6) is -0.110. The van der Waals surface area contributed by atoms with Gasteiger partial charge >= 0.3 is 5.97 Å². The number of nitrogens with zero attached hydrogens (tertiary/aromatic N) is 2. The average molecular weight is 402 g/mol. The molecule has 28 heavy (non-hydrogen) atoms. The molecule has 8 heteroatoms. The van der Waals surface area contributed by atoms with Crippen LogP contribution in [0.5, 0.6) is 5.88 Å². The second-order valence-corrected chi connectivity index (χ2v) is 8.34. The van der Waals surface area contributed by atoms with Crippen LogP contribution in [0.2, 0.25) is 0 Å². The zero-order valence-electron chi connectivity index (χ0n) is 15.8. The molecular weight excluding hydrogens is 380 g/mol. The number of rotatable bonds is 4. The second-order valence-electron chi connectivity index (χ2n) is 7.25. The molecule has 2 aromatic heterocycles. The maximum atomic E-state index is 13.1. The van der Waals surface area contributed by atoms with Gasteiger partial charge in [0.2, 0.25) is 5.88 Å². The maximum absolute atomic E-state index is 13.1.